The maximum absolute atomic E-state index is 12.7. The van der Waals surface area contributed by atoms with Crippen LogP contribution in [-0.2, 0) is 4.79 Å². The highest BCUT2D eigenvalue weighted by Gasteiger charge is 2.32. The number of nitrogens with one attached hydrogen (secondary N) is 2. The fourth-order valence-corrected chi connectivity index (χ4v) is 3.55. The predicted molar refractivity (Wildman–Crippen MR) is 94.5 cm³/mol. The predicted octanol–water partition coefficient (Wildman–Crippen LogP) is 1.75. The number of hydrogen-bond donors (Lipinski definition) is 2. The van der Waals surface area contributed by atoms with Gasteiger partial charge in [-0.15, -0.1) is 0 Å². The minimum absolute atomic E-state index is 0.0364. The fourth-order valence-electron chi connectivity index (χ4n) is 3.55. The molecule has 9 heteroatoms. The molecule has 1 aromatic carbocycles. The second-order valence-corrected chi connectivity index (χ2v) is 6.50. The van der Waals surface area contributed by atoms with Gasteiger partial charge in [0.05, 0.1) is 10.5 Å². The Labute approximate surface area is 148 Å². The Kier molecular flexibility index (Phi) is 3.90. The highest BCUT2D eigenvalue weighted by Crippen LogP contribution is 2.35. The number of benzene rings is 1. The summed E-state index contributed by atoms with van der Waals surface area (Å²) < 4.78 is 0. The molecule has 2 aliphatic rings. The molecule has 2 N–H and O–H groups in total. The van der Waals surface area contributed by atoms with Gasteiger partial charge in [-0.25, -0.2) is 0 Å². The molecular weight excluding hydrogens is 338 g/mol. The van der Waals surface area contributed by atoms with Gasteiger partial charge in [0.15, 0.2) is 0 Å². The maximum atomic E-state index is 12.7. The van der Waals surface area contributed by atoms with Crippen LogP contribution in [0.4, 0.5) is 17.5 Å². The molecule has 0 spiro atoms. The van der Waals surface area contributed by atoms with Crippen molar-refractivity contribution in [1.82, 2.24) is 9.97 Å². The average molecular weight is 355 g/mol. The van der Waals surface area contributed by atoms with E-state index in [9.17, 15) is 19.7 Å². The van der Waals surface area contributed by atoms with Crippen molar-refractivity contribution in [3.05, 3.63) is 55.9 Å². The molecule has 2 aromatic rings. The Hall–Kier alpha value is -3.23. The van der Waals surface area contributed by atoms with Gasteiger partial charge in [0, 0.05) is 37.6 Å². The zero-order valence-corrected chi connectivity index (χ0v) is 13.9. The first-order valence-electron chi connectivity index (χ1n) is 8.46. The molecule has 1 aromatic heterocycles. The lowest BCUT2D eigenvalue weighted by Crippen LogP contribution is -2.33. The van der Waals surface area contributed by atoms with Crippen LogP contribution in [0.1, 0.15) is 36.3 Å². The number of amides is 1. The molecule has 3 heterocycles. The first kappa shape index (κ1) is 16.2. The molecule has 2 aliphatic heterocycles. The van der Waals surface area contributed by atoms with Gasteiger partial charge in [0.25, 0.3) is 11.2 Å². The monoisotopic (exact) mass is 355 g/mol. The molecule has 0 bridgehead atoms. The molecule has 0 radical (unpaired) electrons. The number of hydrogen-bond acceptors (Lipinski definition) is 6. The van der Waals surface area contributed by atoms with Gasteiger partial charge in [0.1, 0.15) is 5.82 Å². The SMILES string of the molecule is O=C1CC(c2ccc([N+](=O)[O-])cc2)c2c(nc(N3CCCC3)[nH]c2=O)N1. The van der Waals surface area contributed by atoms with Gasteiger partial charge in [-0.1, -0.05) is 12.1 Å². The van der Waals surface area contributed by atoms with Crippen molar-refractivity contribution in [2.24, 2.45) is 0 Å². The van der Waals surface area contributed by atoms with Gasteiger partial charge in [-0.05, 0) is 18.4 Å². The number of aromatic amines is 1. The molecule has 1 unspecified atom stereocenters. The third-order valence-electron chi connectivity index (χ3n) is 4.85. The number of carbonyl (C=O) groups is 1. The first-order chi connectivity index (χ1) is 12.5. The summed E-state index contributed by atoms with van der Waals surface area (Å²) in [6.07, 6.45) is 2.18. The summed E-state index contributed by atoms with van der Waals surface area (Å²) in [6, 6.07) is 5.92. The van der Waals surface area contributed by atoms with Gasteiger partial charge in [-0.2, -0.15) is 4.98 Å². The number of anilines is 2. The summed E-state index contributed by atoms with van der Waals surface area (Å²) in [4.78, 5) is 44.5. The molecule has 1 fully saturated rings. The van der Waals surface area contributed by atoms with Crippen LogP contribution in [-0.4, -0.2) is 33.9 Å². The van der Waals surface area contributed by atoms with E-state index in [1.807, 2.05) is 4.90 Å². The van der Waals surface area contributed by atoms with Gasteiger partial charge < -0.3 is 10.2 Å². The number of aromatic nitrogens is 2. The number of fused-ring (bicyclic) bond motifs is 1. The van der Waals surface area contributed by atoms with E-state index in [4.69, 9.17) is 0 Å². The van der Waals surface area contributed by atoms with E-state index < -0.39 is 10.8 Å². The highest BCUT2D eigenvalue weighted by atomic mass is 16.6. The highest BCUT2D eigenvalue weighted by molar-refractivity contribution is 5.94. The molecule has 9 nitrogen and oxygen atoms in total. The summed E-state index contributed by atoms with van der Waals surface area (Å²) in [5, 5.41) is 13.5. The third-order valence-corrected chi connectivity index (χ3v) is 4.85. The average Bonchev–Trinajstić information content (AvgIpc) is 3.15. The summed E-state index contributed by atoms with van der Waals surface area (Å²) >= 11 is 0. The number of nitrogens with zero attached hydrogens (tertiary/aromatic N) is 3. The molecule has 1 amide bonds. The number of carbonyl (C=O) groups excluding carboxylic acids is 1. The van der Waals surface area contributed by atoms with Crippen LogP contribution in [0, 0.1) is 10.1 Å². The van der Waals surface area contributed by atoms with Gasteiger partial charge >= 0.3 is 0 Å². The van der Waals surface area contributed by atoms with Crippen molar-refractivity contribution in [3.8, 4) is 0 Å². The van der Waals surface area contributed by atoms with E-state index in [1.54, 1.807) is 12.1 Å². The molecule has 0 aliphatic carbocycles. The van der Waals surface area contributed by atoms with Gasteiger partial charge in [0.2, 0.25) is 11.9 Å². The van der Waals surface area contributed by atoms with E-state index in [1.165, 1.54) is 12.1 Å². The van der Waals surface area contributed by atoms with Crippen LogP contribution in [0.15, 0.2) is 29.1 Å². The van der Waals surface area contributed by atoms with Crippen LogP contribution in [0.3, 0.4) is 0 Å². The zero-order chi connectivity index (χ0) is 18.3. The largest absolute Gasteiger partial charge is 0.342 e. The van der Waals surface area contributed by atoms with Crippen LogP contribution in [0.5, 0.6) is 0 Å². The van der Waals surface area contributed by atoms with Crippen molar-refractivity contribution in [2.45, 2.75) is 25.2 Å². The standard InChI is InChI=1S/C17H17N5O4/c23-13-9-12(10-3-5-11(6-4-10)22(25)26)14-15(18-13)19-17(20-16(14)24)21-7-1-2-8-21/h3-6,12H,1-2,7-9H2,(H2,18,19,20,23,24). The minimum atomic E-state index is -0.484. The summed E-state index contributed by atoms with van der Waals surface area (Å²) in [5.41, 5.74) is 0.736. The van der Waals surface area contributed by atoms with Gasteiger partial charge in [-0.3, -0.25) is 24.7 Å². The van der Waals surface area contributed by atoms with E-state index in [-0.39, 0.29) is 29.4 Å². The zero-order valence-electron chi connectivity index (χ0n) is 13.9. The molecule has 4 rings (SSSR count). The van der Waals surface area contributed by atoms with Crippen LogP contribution in [0.25, 0.3) is 0 Å². The number of nitro benzene ring substituents is 1. The molecule has 134 valence electrons. The third kappa shape index (κ3) is 2.81. The topological polar surface area (TPSA) is 121 Å². The minimum Gasteiger partial charge on any atom is -0.342 e. The quantitative estimate of drug-likeness (QED) is 0.639. The van der Waals surface area contributed by atoms with Crippen molar-refractivity contribution in [2.75, 3.05) is 23.3 Å². The molecule has 1 saturated heterocycles. The smallest absolute Gasteiger partial charge is 0.269 e. The second kappa shape index (κ2) is 6.25. The fraction of sp³-hybridized carbons (Fsp3) is 0.353. The Morgan fingerprint density at radius 2 is 1.85 bits per heavy atom. The van der Waals surface area contributed by atoms with Crippen molar-refractivity contribution >= 4 is 23.4 Å². The molecule has 0 saturated carbocycles. The lowest BCUT2D eigenvalue weighted by atomic mass is 9.87. The lowest BCUT2D eigenvalue weighted by molar-refractivity contribution is -0.384. The van der Waals surface area contributed by atoms with E-state index in [0.717, 1.165) is 25.9 Å². The van der Waals surface area contributed by atoms with E-state index >= 15 is 0 Å². The number of rotatable bonds is 3. The first-order valence-corrected chi connectivity index (χ1v) is 8.46. The number of H-pyrrole nitrogens is 1. The van der Waals surface area contributed by atoms with Crippen molar-refractivity contribution < 1.29 is 9.72 Å². The Bertz CT molecular complexity index is 931. The summed E-state index contributed by atoms with van der Waals surface area (Å²) in [5.74, 6) is 0.0286. The summed E-state index contributed by atoms with van der Waals surface area (Å²) in [6.45, 7) is 1.64. The van der Waals surface area contributed by atoms with E-state index in [0.29, 0.717) is 17.1 Å². The molecule has 1 atom stereocenters. The Balaban J connectivity index is 1.76. The maximum Gasteiger partial charge on any atom is 0.269 e. The Morgan fingerprint density at radius 3 is 2.50 bits per heavy atom. The van der Waals surface area contributed by atoms with Crippen molar-refractivity contribution in [3.63, 3.8) is 0 Å². The van der Waals surface area contributed by atoms with Crippen LogP contribution in [0.2, 0.25) is 0 Å². The lowest BCUT2D eigenvalue weighted by Gasteiger charge is -2.26. The van der Waals surface area contributed by atoms with Crippen molar-refractivity contribution in [1.29, 1.82) is 0 Å². The summed E-state index contributed by atoms with van der Waals surface area (Å²) in [7, 11) is 0. The normalized spacial score (nSPS) is 19.2. The van der Waals surface area contributed by atoms with E-state index in [2.05, 4.69) is 15.3 Å². The molecular formula is C17H17N5O4. The number of nitro groups is 1. The van der Waals surface area contributed by atoms with Crippen LogP contribution >= 0.6 is 0 Å². The van der Waals surface area contributed by atoms with Crippen LogP contribution < -0.4 is 15.8 Å². The molecule has 26 heavy (non-hydrogen) atoms. The Morgan fingerprint density at radius 1 is 1.15 bits per heavy atom. The second-order valence-electron chi connectivity index (χ2n) is 6.50. The number of non-ortho nitro benzene ring substituents is 1.